The Morgan fingerprint density at radius 1 is 1.17 bits per heavy atom. The molecule has 0 bridgehead atoms. The van der Waals surface area contributed by atoms with E-state index < -0.39 is 35.6 Å². The molecule has 188 valence electrons. The predicted octanol–water partition coefficient (Wildman–Crippen LogP) is 3.25. The van der Waals surface area contributed by atoms with Gasteiger partial charge in [0.2, 0.25) is 11.8 Å². The van der Waals surface area contributed by atoms with Crippen LogP contribution in [-0.2, 0) is 25.5 Å². The summed E-state index contributed by atoms with van der Waals surface area (Å²) in [7, 11) is 1.30. The number of halogens is 2. The van der Waals surface area contributed by atoms with Crippen LogP contribution < -0.4 is 4.90 Å². The highest BCUT2D eigenvalue weighted by molar-refractivity contribution is 6.19. The number of amides is 3. The number of nitrogens with zero attached hydrogens (tertiary/aromatic N) is 4. The molecule has 4 heterocycles. The second kappa shape index (κ2) is 9.30. The number of aromatic nitrogens is 2. The van der Waals surface area contributed by atoms with Crippen molar-refractivity contribution in [3.05, 3.63) is 53.4 Å². The maximum atomic E-state index is 15.4. The molecule has 11 heteroatoms. The molecule has 2 aliphatic heterocycles. The third-order valence-electron chi connectivity index (χ3n) is 6.45. The minimum absolute atomic E-state index is 0.00371. The molecule has 36 heavy (non-hydrogen) atoms. The van der Waals surface area contributed by atoms with Crippen LogP contribution in [0.1, 0.15) is 24.1 Å². The molecule has 0 N–H and O–H groups in total. The quantitative estimate of drug-likeness (QED) is 0.513. The molecule has 2 fully saturated rings. The Hall–Kier alpha value is -3.86. The summed E-state index contributed by atoms with van der Waals surface area (Å²) in [6.45, 7) is 2.79. The number of aryl methyl sites for hydroxylation is 1. The minimum Gasteiger partial charge on any atom is -0.453 e. The molecule has 1 aromatic carbocycles. The molecular weight excluding hydrogens is 474 g/mol. The van der Waals surface area contributed by atoms with Gasteiger partial charge < -0.3 is 18.8 Å². The van der Waals surface area contributed by atoms with Crippen molar-refractivity contribution in [2.45, 2.75) is 32.3 Å². The van der Waals surface area contributed by atoms with Crippen LogP contribution in [0.5, 0.6) is 0 Å². The maximum absolute atomic E-state index is 15.4. The summed E-state index contributed by atoms with van der Waals surface area (Å²) < 4.78 is 43.3. The Morgan fingerprint density at radius 2 is 1.86 bits per heavy atom. The Bertz CT molecular complexity index is 1350. The number of imidazole rings is 1. The normalized spacial score (nSPS) is 18.4. The number of imide groups is 1. The van der Waals surface area contributed by atoms with Gasteiger partial charge >= 0.3 is 6.09 Å². The van der Waals surface area contributed by atoms with E-state index in [9.17, 15) is 14.4 Å². The van der Waals surface area contributed by atoms with Gasteiger partial charge in [-0.1, -0.05) is 0 Å². The van der Waals surface area contributed by atoms with E-state index in [1.807, 2.05) is 13.0 Å². The first-order valence-corrected chi connectivity index (χ1v) is 11.5. The largest absolute Gasteiger partial charge is 0.453 e. The zero-order chi connectivity index (χ0) is 25.6. The van der Waals surface area contributed by atoms with Crippen LogP contribution in [0.4, 0.5) is 19.3 Å². The van der Waals surface area contributed by atoms with Crippen LogP contribution in [0, 0.1) is 18.6 Å². The van der Waals surface area contributed by atoms with E-state index in [0.29, 0.717) is 24.5 Å². The van der Waals surface area contributed by atoms with Crippen LogP contribution in [0.3, 0.4) is 0 Å². The fourth-order valence-electron chi connectivity index (χ4n) is 4.73. The van der Waals surface area contributed by atoms with Crippen molar-refractivity contribution < 1.29 is 32.6 Å². The number of morpholine rings is 1. The third-order valence-corrected chi connectivity index (χ3v) is 6.45. The summed E-state index contributed by atoms with van der Waals surface area (Å²) in [6, 6.07) is 5.61. The lowest BCUT2D eigenvalue weighted by atomic mass is 10.0. The molecule has 2 aromatic heterocycles. The number of rotatable bonds is 4. The second-order valence-corrected chi connectivity index (χ2v) is 8.86. The van der Waals surface area contributed by atoms with Crippen molar-refractivity contribution in [2.75, 3.05) is 31.7 Å². The Labute approximate surface area is 205 Å². The fraction of sp³-hybridized carbons (Fsp3) is 0.360. The minimum atomic E-state index is -0.945. The van der Waals surface area contributed by atoms with E-state index in [1.54, 1.807) is 16.7 Å². The Balaban J connectivity index is 1.57. The Morgan fingerprint density at radius 3 is 2.53 bits per heavy atom. The fourth-order valence-corrected chi connectivity index (χ4v) is 4.73. The highest BCUT2D eigenvalue weighted by Gasteiger charge is 2.33. The number of hydrogen-bond acceptors (Lipinski definition) is 6. The molecule has 0 radical (unpaired) electrons. The molecule has 3 aromatic rings. The van der Waals surface area contributed by atoms with E-state index >= 15 is 8.78 Å². The van der Waals surface area contributed by atoms with Crippen molar-refractivity contribution in [2.24, 2.45) is 0 Å². The van der Waals surface area contributed by atoms with Gasteiger partial charge in [-0.25, -0.2) is 18.6 Å². The topological polar surface area (TPSA) is 93.5 Å². The van der Waals surface area contributed by atoms with Crippen LogP contribution >= 0.6 is 0 Å². The number of hydrogen-bond donors (Lipinski definition) is 0. The van der Waals surface area contributed by atoms with E-state index in [2.05, 4.69) is 4.98 Å². The zero-order valence-corrected chi connectivity index (χ0v) is 19.8. The molecule has 0 unspecified atom stereocenters. The molecule has 1 atom stereocenters. The molecule has 2 aliphatic rings. The summed E-state index contributed by atoms with van der Waals surface area (Å²) in [5.41, 5.74) is 1.48. The molecule has 3 amide bonds. The number of benzene rings is 1. The van der Waals surface area contributed by atoms with Crippen LogP contribution in [0.2, 0.25) is 0 Å². The van der Waals surface area contributed by atoms with Crippen LogP contribution in [-0.4, -0.2) is 65.1 Å². The number of ether oxygens (including phenoxy) is 2. The molecular formula is C25H24F2N4O5. The summed E-state index contributed by atoms with van der Waals surface area (Å²) in [5, 5.41) is 0. The molecule has 2 saturated heterocycles. The maximum Gasteiger partial charge on any atom is 0.409 e. The number of methoxy groups -OCH3 is 1. The SMILES string of the molecule is COC(=O)N1CCO[C@@H](Cc2c(-c3c(F)cc(N4C(=O)CCC4=O)cc3F)nc3cc(C)ccn23)C1. The van der Waals surface area contributed by atoms with Gasteiger partial charge in [-0.3, -0.25) is 14.5 Å². The summed E-state index contributed by atoms with van der Waals surface area (Å²) in [6.07, 6.45) is 1.06. The van der Waals surface area contributed by atoms with Crippen molar-refractivity contribution in [3.8, 4) is 11.3 Å². The van der Waals surface area contributed by atoms with Crippen molar-refractivity contribution >= 4 is 29.2 Å². The van der Waals surface area contributed by atoms with Gasteiger partial charge in [-0.05, 0) is 36.8 Å². The van der Waals surface area contributed by atoms with E-state index in [0.717, 1.165) is 22.6 Å². The third kappa shape index (κ3) is 4.19. The van der Waals surface area contributed by atoms with Gasteiger partial charge in [0.25, 0.3) is 0 Å². The van der Waals surface area contributed by atoms with Gasteiger partial charge in [0.1, 0.15) is 17.3 Å². The highest BCUT2D eigenvalue weighted by atomic mass is 19.1. The number of pyridine rings is 1. The second-order valence-electron chi connectivity index (χ2n) is 8.86. The van der Waals surface area contributed by atoms with Crippen molar-refractivity contribution in [1.29, 1.82) is 0 Å². The van der Waals surface area contributed by atoms with Gasteiger partial charge in [-0.2, -0.15) is 0 Å². The number of carbonyl (C=O) groups is 3. The molecule has 0 aliphatic carbocycles. The molecule has 0 spiro atoms. The first kappa shape index (κ1) is 23.9. The molecule has 5 rings (SSSR count). The summed E-state index contributed by atoms with van der Waals surface area (Å²) >= 11 is 0. The number of fused-ring (bicyclic) bond motifs is 1. The van der Waals surface area contributed by atoms with Gasteiger partial charge in [0.05, 0.1) is 49.0 Å². The van der Waals surface area contributed by atoms with Gasteiger partial charge in [0.15, 0.2) is 0 Å². The zero-order valence-electron chi connectivity index (χ0n) is 19.8. The van der Waals surface area contributed by atoms with Crippen LogP contribution in [0.15, 0.2) is 30.5 Å². The highest BCUT2D eigenvalue weighted by Crippen LogP contribution is 2.35. The first-order valence-electron chi connectivity index (χ1n) is 11.5. The average Bonchev–Trinajstić information content (AvgIpc) is 3.36. The van der Waals surface area contributed by atoms with Gasteiger partial charge in [0, 0.05) is 32.0 Å². The van der Waals surface area contributed by atoms with Crippen molar-refractivity contribution in [3.63, 3.8) is 0 Å². The number of anilines is 1. The molecule has 0 saturated carbocycles. The van der Waals surface area contributed by atoms with Crippen molar-refractivity contribution in [1.82, 2.24) is 14.3 Å². The lowest BCUT2D eigenvalue weighted by Crippen LogP contribution is -2.46. The summed E-state index contributed by atoms with van der Waals surface area (Å²) in [4.78, 5) is 43.0. The number of carbonyl (C=O) groups excluding carboxylic acids is 3. The average molecular weight is 498 g/mol. The van der Waals surface area contributed by atoms with Gasteiger partial charge in [-0.15, -0.1) is 0 Å². The standard InChI is InChI=1S/C25H24F2N4O5/c1-14-5-6-30-19(12-16-13-29(7-8-36-16)25(34)35-2)24(28-20(30)9-14)23-17(26)10-15(11-18(23)27)31-21(32)3-4-22(31)33/h5-6,9-11,16H,3-4,7-8,12-13H2,1-2H3/t16-/m0/s1. The molecule has 9 nitrogen and oxygen atoms in total. The van der Waals surface area contributed by atoms with Crippen LogP contribution in [0.25, 0.3) is 16.9 Å². The van der Waals surface area contributed by atoms with E-state index in [4.69, 9.17) is 9.47 Å². The monoisotopic (exact) mass is 498 g/mol. The van der Waals surface area contributed by atoms with E-state index in [1.165, 1.54) is 12.0 Å². The first-order chi connectivity index (χ1) is 17.3. The lowest BCUT2D eigenvalue weighted by molar-refractivity contribution is -0.121. The summed E-state index contributed by atoms with van der Waals surface area (Å²) in [5.74, 6) is -2.89. The Kier molecular flexibility index (Phi) is 6.17. The van der Waals surface area contributed by atoms with E-state index in [-0.39, 0.29) is 42.8 Å². The smallest absolute Gasteiger partial charge is 0.409 e. The predicted molar refractivity (Wildman–Crippen MR) is 124 cm³/mol. The lowest BCUT2D eigenvalue weighted by Gasteiger charge is -2.32.